The summed E-state index contributed by atoms with van der Waals surface area (Å²) in [5.41, 5.74) is 0. The zero-order chi connectivity index (χ0) is 59.2. The summed E-state index contributed by atoms with van der Waals surface area (Å²) in [5, 5.41) is 0. The Morgan fingerprint density at radius 1 is 0.268 bits per heavy atom. The standard InChI is InChI=1S/C76H136O6/c1-4-7-10-13-16-19-22-25-28-30-31-32-33-34-35-36-37-38-39-40-41-42-43-44-46-48-51-54-57-60-63-66-69-75(78)81-72-73(71-80-74(77)68-65-62-59-56-53-50-47-27-24-21-18-15-12-9-6-3)82-76(79)70-67-64-61-58-55-52-49-45-29-26-23-20-17-14-11-8-5-2/h9,12,18,21,26-27,29,47,53,56,62,65,73H,4-8,10-11,13-17,19-20,22-25,28,30-46,48-52,54-55,57-61,63-64,66-72H2,1-3H3/b12-9-,21-18-,29-26-,47-27-,56-53-,65-62-. The van der Waals surface area contributed by atoms with Crippen molar-refractivity contribution in [2.75, 3.05) is 13.2 Å². The number of hydrogen-bond acceptors (Lipinski definition) is 6. The van der Waals surface area contributed by atoms with Gasteiger partial charge in [-0.25, -0.2) is 0 Å². The van der Waals surface area contributed by atoms with Crippen molar-refractivity contribution in [2.45, 2.75) is 380 Å². The van der Waals surface area contributed by atoms with Gasteiger partial charge in [-0.2, -0.15) is 0 Å². The molecule has 1 atom stereocenters. The average molecular weight is 1150 g/mol. The summed E-state index contributed by atoms with van der Waals surface area (Å²) >= 11 is 0. The molecule has 0 N–H and O–H groups in total. The highest BCUT2D eigenvalue weighted by Gasteiger charge is 2.19. The molecule has 0 aliphatic rings. The molecule has 476 valence electrons. The van der Waals surface area contributed by atoms with Gasteiger partial charge in [-0.05, 0) is 70.6 Å². The van der Waals surface area contributed by atoms with Gasteiger partial charge in [0.1, 0.15) is 13.2 Å². The first-order chi connectivity index (χ1) is 40.5. The molecule has 0 aromatic rings. The van der Waals surface area contributed by atoms with Gasteiger partial charge in [-0.1, -0.05) is 357 Å². The Bertz CT molecular complexity index is 1500. The van der Waals surface area contributed by atoms with Crippen LogP contribution in [0.3, 0.4) is 0 Å². The van der Waals surface area contributed by atoms with E-state index in [1.54, 1.807) is 0 Å². The Labute approximate surface area is 510 Å². The molecule has 0 saturated carbocycles. The lowest BCUT2D eigenvalue weighted by molar-refractivity contribution is -0.166. The van der Waals surface area contributed by atoms with Gasteiger partial charge in [0.2, 0.25) is 0 Å². The SMILES string of the molecule is CC/C=C\C/C=C\C/C=C\C/C=C\C/C=C\CC(=O)OCC(COC(=O)CCCCCCCCCCCCCCCCCCCCCCCCCCCCCCCCCC)OC(=O)CCCCCCCCC/C=C\CCCCCCCC. The van der Waals surface area contributed by atoms with Crippen LogP contribution >= 0.6 is 0 Å². The highest BCUT2D eigenvalue weighted by Crippen LogP contribution is 2.18. The highest BCUT2D eigenvalue weighted by molar-refractivity contribution is 5.72. The van der Waals surface area contributed by atoms with Crippen molar-refractivity contribution >= 4 is 17.9 Å². The van der Waals surface area contributed by atoms with E-state index in [1.165, 1.54) is 263 Å². The molecule has 6 heteroatoms. The molecular formula is C76H136O6. The first kappa shape index (κ1) is 78.8. The van der Waals surface area contributed by atoms with Crippen molar-refractivity contribution in [3.8, 4) is 0 Å². The predicted octanol–water partition coefficient (Wildman–Crippen LogP) is 24.8. The molecule has 0 amide bonds. The fourth-order valence-corrected chi connectivity index (χ4v) is 10.6. The first-order valence-corrected chi connectivity index (χ1v) is 35.9. The largest absolute Gasteiger partial charge is 0.462 e. The maximum Gasteiger partial charge on any atom is 0.309 e. The quantitative estimate of drug-likeness (QED) is 0.0261. The van der Waals surface area contributed by atoms with Crippen LogP contribution in [0.4, 0.5) is 0 Å². The third-order valence-corrected chi connectivity index (χ3v) is 16.0. The van der Waals surface area contributed by atoms with Gasteiger partial charge >= 0.3 is 17.9 Å². The minimum atomic E-state index is -0.818. The molecule has 0 fully saturated rings. The fraction of sp³-hybridized carbons (Fsp3) is 0.803. The average Bonchev–Trinajstić information content (AvgIpc) is 3.48. The van der Waals surface area contributed by atoms with Crippen molar-refractivity contribution in [1.29, 1.82) is 0 Å². The van der Waals surface area contributed by atoms with Crippen molar-refractivity contribution < 1.29 is 28.6 Å². The molecule has 82 heavy (non-hydrogen) atoms. The van der Waals surface area contributed by atoms with E-state index in [9.17, 15) is 14.4 Å². The molecule has 0 rings (SSSR count). The lowest BCUT2D eigenvalue weighted by atomic mass is 10.0. The second-order valence-electron chi connectivity index (χ2n) is 24.1. The second-order valence-corrected chi connectivity index (χ2v) is 24.1. The highest BCUT2D eigenvalue weighted by atomic mass is 16.6. The Hall–Kier alpha value is -3.15. The molecule has 0 aromatic heterocycles. The molecule has 0 spiro atoms. The zero-order valence-corrected chi connectivity index (χ0v) is 54.8. The number of hydrogen-bond donors (Lipinski definition) is 0. The predicted molar refractivity (Wildman–Crippen MR) is 358 cm³/mol. The molecule has 0 saturated heterocycles. The summed E-state index contributed by atoms with van der Waals surface area (Å²) in [6.45, 7) is 6.49. The smallest absolute Gasteiger partial charge is 0.309 e. The third kappa shape index (κ3) is 67.6. The van der Waals surface area contributed by atoms with Crippen molar-refractivity contribution in [1.82, 2.24) is 0 Å². The van der Waals surface area contributed by atoms with Crippen LogP contribution in [0.2, 0.25) is 0 Å². The van der Waals surface area contributed by atoms with E-state index >= 15 is 0 Å². The van der Waals surface area contributed by atoms with Gasteiger partial charge in [0.25, 0.3) is 0 Å². The summed E-state index contributed by atoms with van der Waals surface area (Å²) in [5.74, 6) is -1.02. The Morgan fingerprint density at radius 2 is 0.524 bits per heavy atom. The van der Waals surface area contributed by atoms with Crippen LogP contribution < -0.4 is 0 Å². The van der Waals surface area contributed by atoms with Crippen LogP contribution in [0.25, 0.3) is 0 Å². The van der Waals surface area contributed by atoms with Crippen LogP contribution in [0.15, 0.2) is 72.9 Å². The number of carbonyl (C=O) groups is 3. The Morgan fingerprint density at radius 3 is 0.841 bits per heavy atom. The summed E-state index contributed by atoms with van der Waals surface area (Å²) in [6, 6.07) is 0. The number of esters is 3. The van der Waals surface area contributed by atoms with Crippen LogP contribution in [0.1, 0.15) is 374 Å². The monoisotopic (exact) mass is 1150 g/mol. The van der Waals surface area contributed by atoms with Gasteiger partial charge in [0, 0.05) is 12.8 Å². The second kappa shape index (κ2) is 70.3. The number of ether oxygens (including phenoxy) is 3. The number of rotatable bonds is 66. The third-order valence-electron chi connectivity index (χ3n) is 16.0. The fourth-order valence-electron chi connectivity index (χ4n) is 10.6. The lowest BCUT2D eigenvalue weighted by Gasteiger charge is -2.18. The Kier molecular flexibility index (Phi) is 67.6. The van der Waals surface area contributed by atoms with Crippen LogP contribution in [-0.4, -0.2) is 37.2 Å². The van der Waals surface area contributed by atoms with E-state index < -0.39 is 12.1 Å². The van der Waals surface area contributed by atoms with Gasteiger partial charge in [0.05, 0.1) is 6.42 Å². The first-order valence-electron chi connectivity index (χ1n) is 35.9. The van der Waals surface area contributed by atoms with E-state index in [-0.39, 0.29) is 31.6 Å². The van der Waals surface area contributed by atoms with Gasteiger partial charge in [0.15, 0.2) is 6.10 Å². The minimum Gasteiger partial charge on any atom is -0.462 e. The van der Waals surface area contributed by atoms with Crippen molar-refractivity contribution in [3.05, 3.63) is 72.9 Å². The summed E-state index contributed by atoms with van der Waals surface area (Å²) < 4.78 is 16.9. The minimum absolute atomic E-state index is 0.104. The van der Waals surface area contributed by atoms with Gasteiger partial charge in [-0.15, -0.1) is 0 Å². The van der Waals surface area contributed by atoms with E-state index in [0.717, 1.165) is 70.6 Å². The van der Waals surface area contributed by atoms with Gasteiger partial charge in [-0.3, -0.25) is 14.4 Å². The lowest BCUT2D eigenvalue weighted by Crippen LogP contribution is -2.30. The van der Waals surface area contributed by atoms with E-state index in [4.69, 9.17) is 14.2 Å². The molecule has 6 nitrogen and oxygen atoms in total. The number of carbonyl (C=O) groups excluding carboxylic acids is 3. The van der Waals surface area contributed by atoms with Gasteiger partial charge < -0.3 is 14.2 Å². The molecule has 0 aliphatic carbocycles. The normalized spacial score (nSPS) is 12.5. The Balaban J connectivity index is 4.21. The van der Waals surface area contributed by atoms with Crippen molar-refractivity contribution in [3.63, 3.8) is 0 Å². The zero-order valence-electron chi connectivity index (χ0n) is 54.8. The topological polar surface area (TPSA) is 78.9 Å². The van der Waals surface area contributed by atoms with E-state index in [0.29, 0.717) is 12.8 Å². The molecule has 1 unspecified atom stereocenters. The summed E-state index contributed by atoms with van der Waals surface area (Å²) in [4.78, 5) is 38.3. The maximum atomic E-state index is 12.9. The summed E-state index contributed by atoms with van der Waals surface area (Å²) in [7, 11) is 0. The number of unbranched alkanes of at least 4 members (excludes halogenated alkanes) is 44. The van der Waals surface area contributed by atoms with E-state index in [2.05, 4.69) is 81.5 Å². The maximum absolute atomic E-state index is 12.9. The van der Waals surface area contributed by atoms with Crippen molar-refractivity contribution in [2.24, 2.45) is 0 Å². The van der Waals surface area contributed by atoms with E-state index in [1.807, 2.05) is 12.2 Å². The van der Waals surface area contributed by atoms with Crippen LogP contribution in [-0.2, 0) is 28.6 Å². The van der Waals surface area contributed by atoms with Crippen LogP contribution in [0.5, 0.6) is 0 Å². The molecule has 0 aliphatic heterocycles. The number of allylic oxidation sites excluding steroid dienone is 11. The molecular weight excluding hydrogens is 1010 g/mol. The van der Waals surface area contributed by atoms with Crippen LogP contribution in [0, 0.1) is 0 Å². The molecule has 0 heterocycles. The summed E-state index contributed by atoms with van der Waals surface area (Å²) in [6.07, 6.45) is 92.7. The molecule has 0 radical (unpaired) electrons. The molecule has 0 bridgehead atoms. The molecule has 0 aromatic carbocycles.